The summed E-state index contributed by atoms with van der Waals surface area (Å²) in [6, 6.07) is 4.73. The minimum atomic E-state index is -1.07. The SMILES string of the molecule is CCCC(=O)Nc1ccc(OCC(O)CNCCNC(=O)C(C)(C)CO[N+](=O)[O-])c(C(C)=O)c1. The summed E-state index contributed by atoms with van der Waals surface area (Å²) in [4.78, 5) is 50.4. The molecule has 1 aromatic rings. The van der Waals surface area contributed by atoms with Crippen molar-refractivity contribution in [3.05, 3.63) is 33.9 Å². The summed E-state index contributed by atoms with van der Waals surface area (Å²) in [6.07, 6.45) is 0.205. The first-order chi connectivity index (χ1) is 16.0. The van der Waals surface area contributed by atoms with Crippen LogP contribution < -0.4 is 20.7 Å². The van der Waals surface area contributed by atoms with Crippen molar-refractivity contribution in [1.82, 2.24) is 10.6 Å². The van der Waals surface area contributed by atoms with Gasteiger partial charge in [0.2, 0.25) is 11.8 Å². The third-order valence-electron chi connectivity index (χ3n) is 4.66. The largest absolute Gasteiger partial charge is 0.490 e. The first-order valence-electron chi connectivity index (χ1n) is 11.0. The van der Waals surface area contributed by atoms with Gasteiger partial charge in [0.25, 0.3) is 5.09 Å². The number of hydrogen-bond acceptors (Lipinski definition) is 9. The monoisotopic (exact) mass is 482 g/mol. The van der Waals surface area contributed by atoms with Crippen molar-refractivity contribution in [1.29, 1.82) is 0 Å². The average molecular weight is 483 g/mol. The van der Waals surface area contributed by atoms with Gasteiger partial charge in [-0.3, -0.25) is 14.4 Å². The predicted molar refractivity (Wildman–Crippen MR) is 124 cm³/mol. The van der Waals surface area contributed by atoms with Crippen molar-refractivity contribution in [2.24, 2.45) is 5.41 Å². The molecule has 0 spiro atoms. The highest BCUT2D eigenvalue weighted by atomic mass is 16.9. The van der Waals surface area contributed by atoms with Crippen LogP contribution in [0.1, 0.15) is 50.9 Å². The lowest BCUT2D eigenvalue weighted by molar-refractivity contribution is -0.760. The summed E-state index contributed by atoms with van der Waals surface area (Å²) < 4.78 is 5.59. The van der Waals surface area contributed by atoms with Crippen LogP contribution in [0.3, 0.4) is 0 Å². The minimum absolute atomic E-state index is 0.0769. The molecule has 34 heavy (non-hydrogen) atoms. The molecule has 0 saturated carbocycles. The smallest absolute Gasteiger partial charge is 0.294 e. The number of amides is 2. The van der Waals surface area contributed by atoms with Gasteiger partial charge in [-0.15, -0.1) is 10.1 Å². The maximum atomic E-state index is 12.1. The van der Waals surface area contributed by atoms with Crippen LogP contribution in [0.4, 0.5) is 5.69 Å². The summed E-state index contributed by atoms with van der Waals surface area (Å²) >= 11 is 0. The standard InChI is InChI=1S/C22H34N4O8/c1-5-6-20(29)25-16-7-8-19(18(11-16)15(2)27)33-13-17(28)12-23-9-10-24-21(30)22(3,4)14-34-26(31)32/h7-8,11,17,23,28H,5-6,9-10,12-14H2,1-4H3,(H,24,30)(H,25,29). The van der Waals surface area contributed by atoms with Crippen molar-refractivity contribution in [3.63, 3.8) is 0 Å². The van der Waals surface area contributed by atoms with E-state index < -0.39 is 22.5 Å². The van der Waals surface area contributed by atoms with Gasteiger partial charge in [0.05, 0.1) is 11.0 Å². The van der Waals surface area contributed by atoms with Gasteiger partial charge in [0.1, 0.15) is 25.1 Å². The maximum absolute atomic E-state index is 12.1. The number of ketones is 1. The molecule has 1 unspecified atom stereocenters. The molecule has 12 heteroatoms. The average Bonchev–Trinajstić information content (AvgIpc) is 2.76. The third-order valence-corrected chi connectivity index (χ3v) is 4.66. The number of Topliss-reactive ketones (excluding diaryl/α,β-unsaturated/α-hetero) is 1. The summed E-state index contributed by atoms with van der Waals surface area (Å²) in [7, 11) is 0. The second-order valence-electron chi connectivity index (χ2n) is 8.37. The molecule has 0 heterocycles. The fourth-order valence-electron chi connectivity index (χ4n) is 2.76. The van der Waals surface area contributed by atoms with Crippen LogP contribution >= 0.6 is 0 Å². The number of nitrogens with one attached hydrogen (secondary N) is 3. The Hall–Kier alpha value is -3.25. The van der Waals surface area contributed by atoms with Crippen LogP contribution in [0, 0.1) is 15.5 Å². The molecule has 1 rings (SSSR count). The van der Waals surface area contributed by atoms with Crippen LogP contribution in [0.15, 0.2) is 18.2 Å². The number of nitrogens with zero attached hydrogens (tertiary/aromatic N) is 1. The van der Waals surface area contributed by atoms with Gasteiger partial charge < -0.3 is 30.6 Å². The Kier molecular flexibility index (Phi) is 11.9. The number of aliphatic hydroxyl groups excluding tert-OH is 1. The number of aliphatic hydroxyl groups is 1. The molecule has 0 saturated heterocycles. The van der Waals surface area contributed by atoms with E-state index >= 15 is 0 Å². The lowest BCUT2D eigenvalue weighted by Crippen LogP contribution is -2.43. The highest BCUT2D eigenvalue weighted by Crippen LogP contribution is 2.24. The van der Waals surface area contributed by atoms with Gasteiger partial charge >= 0.3 is 0 Å². The Bertz CT molecular complexity index is 859. The van der Waals surface area contributed by atoms with Crippen molar-refractivity contribution in [2.45, 2.75) is 46.6 Å². The lowest BCUT2D eigenvalue weighted by Gasteiger charge is -2.22. The number of benzene rings is 1. The first kappa shape index (κ1) is 28.8. The van der Waals surface area contributed by atoms with E-state index in [4.69, 9.17) is 4.74 Å². The Labute approximate surface area is 198 Å². The van der Waals surface area contributed by atoms with Crippen molar-refractivity contribution >= 4 is 23.3 Å². The van der Waals surface area contributed by atoms with Crippen molar-refractivity contribution < 1.29 is 34.2 Å². The molecule has 12 nitrogen and oxygen atoms in total. The summed E-state index contributed by atoms with van der Waals surface area (Å²) in [6.45, 7) is 6.67. The number of rotatable bonds is 16. The van der Waals surface area contributed by atoms with E-state index in [2.05, 4.69) is 20.8 Å². The number of anilines is 1. The predicted octanol–water partition coefficient (Wildman–Crippen LogP) is 1.31. The molecule has 190 valence electrons. The van der Waals surface area contributed by atoms with E-state index in [0.717, 1.165) is 0 Å². The van der Waals surface area contributed by atoms with Gasteiger partial charge in [-0.05, 0) is 45.4 Å². The Morgan fingerprint density at radius 2 is 1.94 bits per heavy atom. The van der Waals surface area contributed by atoms with E-state index in [-0.39, 0.29) is 38.0 Å². The van der Waals surface area contributed by atoms with Gasteiger partial charge in [0, 0.05) is 31.7 Å². The van der Waals surface area contributed by atoms with Crippen LogP contribution in [-0.2, 0) is 14.4 Å². The lowest BCUT2D eigenvalue weighted by atomic mass is 9.94. The Morgan fingerprint density at radius 3 is 2.56 bits per heavy atom. The highest BCUT2D eigenvalue weighted by Gasteiger charge is 2.28. The third kappa shape index (κ3) is 10.6. The van der Waals surface area contributed by atoms with Crippen LogP contribution in [-0.4, -0.2) is 66.7 Å². The van der Waals surface area contributed by atoms with E-state index in [1.165, 1.54) is 26.8 Å². The Morgan fingerprint density at radius 1 is 1.24 bits per heavy atom. The normalized spacial score (nSPS) is 11.9. The highest BCUT2D eigenvalue weighted by molar-refractivity contribution is 5.99. The molecule has 0 bridgehead atoms. The molecule has 0 aromatic heterocycles. The molecule has 1 aromatic carbocycles. The van der Waals surface area contributed by atoms with Crippen LogP contribution in [0.2, 0.25) is 0 Å². The number of ether oxygens (including phenoxy) is 1. The van der Waals surface area contributed by atoms with Gasteiger partial charge in [-0.2, -0.15) is 0 Å². The molecule has 2 amide bonds. The Balaban J connectivity index is 2.43. The molecule has 0 fully saturated rings. The van der Waals surface area contributed by atoms with Gasteiger partial charge in [-0.1, -0.05) is 6.92 Å². The molecular weight excluding hydrogens is 448 g/mol. The van der Waals surface area contributed by atoms with E-state index in [1.807, 2.05) is 6.92 Å². The number of carbonyl (C=O) groups excluding carboxylic acids is 3. The van der Waals surface area contributed by atoms with Crippen molar-refractivity contribution in [2.75, 3.05) is 38.2 Å². The molecule has 4 N–H and O–H groups in total. The van der Waals surface area contributed by atoms with E-state index in [0.29, 0.717) is 36.4 Å². The fraction of sp³-hybridized carbons (Fsp3) is 0.591. The topological polar surface area (TPSA) is 169 Å². The zero-order valence-electron chi connectivity index (χ0n) is 20.0. The molecule has 0 aliphatic rings. The first-order valence-corrected chi connectivity index (χ1v) is 11.0. The van der Waals surface area contributed by atoms with E-state index in [9.17, 15) is 29.6 Å². The summed E-state index contributed by atoms with van der Waals surface area (Å²) in [5.74, 6) is -0.481. The quantitative estimate of drug-likeness (QED) is 0.117. The summed E-state index contributed by atoms with van der Waals surface area (Å²) in [5, 5.41) is 27.8. The zero-order valence-corrected chi connectivity index (χ0v) is 20.0. The maximum Gasteiger partial charge on any atom is 0.294 e. The molecule has 0 aliphatic carbocycles. The van der Waals surface area contributed by atoms with E-state index in [1.54, 1.807) is 12.1 Å². The fourth-order valence-corrected chi connectivity index (χ4v) is 2.76. The zero-order chi connectivity index (χ0) is 25.7. The van der Waals surface area contributed by atoms with Crippen LogP contribution in [0.5, 0.6) is 5.75 Å². The number of carbonyl (C=O) groups is 3. The molecule has 1 atom stereocenters. The van der Waals surface area contributed by atoms with Crippen molar-refractivity contribution in [3.8, 4) is 5.75 Å². The second kappa shape index (κ2) is 14.1. The second-order valence-corrected chi connectivity index (χ2v) is 8.37. The molecule has 0 aliphatic heterocycles. The number of hydrogen-bond donors (Lipinski definition) is 4. The minimum Gasteiger partial charge on any atom is -0.490 e. The molecule has 0 radical (unpaired) electrons. The van der Waals surface area contributed by atoms with Crippen LogP contribution in [0.25, 0.3) is 0 Å². The van der Waals surface area contributed by atoms with Gasteiger partial charge in [-0.25, -0.2) is 0 Å². The molecular formula is C22H34N4O8. The van der Waals surface area contributed by atoms with Gasteiger partial charge in [0.15, 0.2) is 5.78 Å². The summed E-state index contributed by atoms with van der Waals surface area (Å²) in [5.41, 5.74) is -0.280.